The van der Waals surface area contributed by atoms with Crippen molar-refractivity contribution in [3.8, 4) is 0 Å². The van der Waals surface area contributed by atoms with Crippen molar-refractivity contribution in [3.63, 3.8) is 0 Å². The van der Waals surface area contributed by atoms with E-state index in [-0.39, 0.29) is 0 Å². The highest BCUT2D eigenvalue weighted by Gasteiger charge is 2.14. The number of hydrogen-bond donors (Lipinski definition) is 0. The molecule has 14 heavy (non-hydrogen) atoms. The first-order valence-electron chi connectivity index (χ1n) is 5.03. The Bertz CT molecular complexity index is 305. The standard InChI is InChI=1S/C10H16N4/c1-13(2)9-5-6-11-10(12-9)14-7-3-4-8-14/h5-6H,3-4,7-8H2,1-2H3. The largest absolute Gasteiger partial charge is 0.363 e. The van der Waals surface area contributed by atoms with E-state index in [1.54, 1.807) is 0 Å². The second-order valence-electron chi connectivity index (χ2n) is 3.80. The first kappa shape index (κ1) is 9.24. The van der Waals surface area contributed by atoms with Gasteiger partial charge < -0.3 is 9.80 Å². The van der Waals surface area contributed by atoms with Gasteiger partial charge in [-0.15, -0.1) is 0 Å². The molecule has 0 spiro atoms. The summed E-state index contributed by atoms with van der Waals surface area (Å²) in [6.45, 7) is 2.19. The minimum atomic E-state index is 0.869. The van der Waals surface area contributed by atoms with Gasteiger partial charge in [0.2, 0.25) is 5.95 Å². The van der Waals surface area contributed by atoms with Crippen LogP contribution >= 0.6 is 0 Å². The molecule has 76 valence electrons. The van der Waals surface area contributed by atoms with Gasteiger partial charge in [0.1, 0.15) is 5.82 Å². The fraction of sp³-hybridized carbons (Fsp3) is 0.600. The molecule has 1 saturated heterocycles. The smallest absolute Gasteiger partial charge is 0.227 e. The van der Waals surface area contributed by atoms with Crippen molar-refractivity contribution >= 4 is 11.8 Å². The Morgan fingerprint density at radius 3 is 2.64 bits per heavy atom. The summed E-state index contributed by atoms with van der Waals surface area (Å²) in [7, 11) is 3.99. The van der Waals surface area contributed by atoms with Gasteiger partial charge in [0.15, 0.2) is 0 Å². The summed E-state index contributed by atoms with van der Waals surface area (Å²) in [5.41, 5.74) is 0. The van der Waals surface area contributed by atoms with Gasteiger partial charge in [-0.2, -0.15) is 4.98 Å². The van der Waals surface area contributed by atoms with E-state index in [2.05, 4.69) is 14.9 Å². The van der Waals surface area contributed by atoms with Crippen LogP contribution in [0.25, 0.3) is 0 Å². The molecular formula is C10H16N4. The van der Waals surface area contributed by atoms with Crippen LogP contribution in [0.2, 0.25) is 0 Å². The monoisotopic (exact) mass is 192 g/mol. The highest BCUT2D eigenvalue weighted by Crippen LogP contribution is 2.17. The van der Waals surface area contributed by atoms with E-state index in [4.69, 9.17) is 0 Å². The fourth-order valence-corrected chi connectivity index (χ4v) is 1.66. The Morgan fingerprint density at radius 2 is 2.00 bits per heavy atom. The van der Waals surface area contributed by atoms with Crippen LogP contribution in [0, 0.1) is 0 Å². The molecule has 4 nitrogen and oxygen atoms in total. The van der Waals surface area contributed by atoms with E-state index in [0.29, 0.717) is 0 Å². The third-order valence-corrected chi connectivity index (χ3v) is 2.48. The topological polar surface area (TPSA) is 32.3 Å². The summed E-state index contributed by atoms with van der Waals surface area (Å²) in [4.78, 5) is 13.0. The first-order chi connectivity index (χ1) is 6.77. The van der Waals surface area contributed by atoms with E-state index >= 15 is 0 Å². The van der Waals surface area contributed by atoms with Crippen LogP contribution in [0.3, 0.4) is 0 Å². The van der Waals surface area contributed by atoms with Gasteiger partial charge in [-0.3, -0.25) is 0 Å². The predicted molar refractivity (Wildman–Crippen MR) is 57.8 cm³/mol. The quantitative estimate of drug-likeness (QED) is 0.703. The molecule has 0 aliphatic carbocycles. The molecule has 0 aromatic carbocycles. The highest BCUT2D eigenvalue weighted by atomic mass is 15.3. The van der Waals surface area contributed by atoms with Crippen molar-refractivity contribution in [3.05, 3.63) is 12.3 Å². The van der Waals surface area contributed by atoms with Crippen LogP contribution in [0.1, 0.15) is 12.8 Å². The lowest BCUT2D eigenvalue weighted by atomic mass is 10.4. The van der Waals surface area contributed by atoms with E-state index in [1.807, 2.05) is 31.3 Å². The van der Waals surface area contributed by atoms with Crippen LogP contribution in [-0.4, -0.2) is 37.2 Å². The summed E-state index contributed by atoms with van der Waals surface area (Å²) in [5, 5.41) is 0. The van der Waals surface area contributed by atoms with Gasteiger partial charge >= 0.3 is 0 Å². The number of hydrogen-bond acceptors (Lipinski definition) is 4. The van der Waals surface area contributed by atoms with E-state index in [1.165, 1.54) is 12.8 Å². The molecule has 0 amide bonds. The molecule has 1 aromatic heterocycles. The predicted octanol–water partition coefficient (Wildman–Crippen LogP) is 1.14. The summed E-state index contributed by atoms with van der Waals surface area (Å²) in [6, 6.07) is 1.93. The second kappa shape index (κ2) is 3.82. The molecule has 1 fully saturated rings. The SMILES string of the molecule is CN(C)c1ccnc(N2CCCC2)n1. The van der Waals surface area contributed by atoms with Crippen LogP contribution in [0.4, 0.5) is 11.8 Å². The molecule has 4 heteroatoms. The number of rotatable bonds is 2. The molecule has 0 bridgehead atoms. The Morgan fingerprint density at radius 1 is 1.29 bits per heavy atom. The lowest BCUT2D eigenvalue weighted by molar-refractivity contribution is 0.889. The van der Waals surface area contributed by atoms with Crippen molar-refractivity contribution in [2.45, 2.75) is 12.8 Å². The zero-order valence-electron chi connectivity index (χ0n) is 8.77. The molecule has 0 radical (unpaired) electrons. The Labute approximate surface area is 84.6 Å². The maximum Gasteiger partial charge on any atom is 0.227 e. The van der Waals surface area contributed by atoms with Gasteiger partial charge in [-0.05, 0) is 18.9 Å². The van der Waals surface area contributed by atoms with Crippen LogP contribution in [0.5, 0.6) is 0 Å². The van der Waals surface area contributed by atoms with Crippen LogP contribution in [0.15, 0.2) is 12.3 Å². The van der Waals surface area contributed by atoms with E-state index in [0.717, 1.165) is 24.9 Å². The summed E-state index contributed by atoms with van der Waals surface area (Å²) in [6.07, 6.45) is 4.35. The lowest BCUT2D eigenvalue weighted by Gasteiger charge is -2.17. The summed E-state index contributed by atoms with van der Waals surface area (Å²) >= 11 is 0. The number of anilines is 2. The molecule has 0 atom stereocenters. The molecule has 1 aliphatic heterocycles. The van der Waals surface area contributed by atoms with Gasteiger partial charge in [0.25, 0.3) is 0 Å². The van der Waals surface area contributed by atoms with Gasteiger partial charge in [0.05, 0.1) is 0 Å². The van der Waals surface area contributed by atoms with Crippen molar-refractivity contribution in [2.75, 3.05) is 37.0 Å². The molecule has 2 rings (SSSR count). The zero-order valence-corrected chi connectivity index (χ0v) is 8.77. The fourth-order valence-electron chi connectivity index (χ4n) is 1.66. The van der Waals surface area contributed by atoms with Gasteiger partial charge in [-0.25, -0.2) is 4.98 Å². The first-order valence-corrected chi connectivity index (χ1v) is 5.03. The third-order valence-electron chi connectivity index (χ3n) is 2.48. The van der Waals surface area contributed by atoms with E-state index in [9.17, 15) is 0 Å². The average molecular weight is 192 g/mol. The minimum Gasteiger partial charge on any atom is -0.363 e. The Kier molecular flexibility index (Phi) is 2.52. The van der Waals surface area contributed by atoms with Crippen molar-refractivity contribution in [1.82, 2.24) is 9.97 Å². The van der Waals surface area contributed by atoms with Crippen LogP contribution in [-0.2, 0) is 0 Å². The zero-order chi connectivity index (χ0) is 9.97. The van der Waals surface area contributed by atoms with Crippen molar-refractivity contribution in [1.29, 1.82) is 0 Å². The lowest BCUT2D eigenvalue weighted by Crippen LogP contribution is -2.21. The molecule has 1 aromatic rings. The molecule has 2 heterocycles. The third kappa shape index (κ3) is 1.78. The van der Waals surface area contributed by atoms with Crippen LogP contribution < -0.4 is 9.80 Å². The maximum atomic E-state index is 4.50. The molecular weight excluding hydrogens is 176 g/mol. The summed E-state index contributed by atoms with van der Waals surface area (Å²) < 4.78 is 0. The number of nitrogens with zero attached hydrogens (tertiary/aromatic N) is 4. The highest BCUT2D eigenvalue weighted by molar-refractivity contribution is 5.42. The number of aromatic nitrogens is 2. The average Bonchev–Trinajstić information content (AvgIpc) is 2.71. The van der Waals surface area contributed by atoms with Gasteiger partial charge in [-0.1, -0.05) is 0 Å². The van der Waals surface area contributed by atoms with Gasteiger partial charge in [0, 0.05) is 33.4 Å². The second-order valence-corrected chi connectivity index (χ2v) is 3.80. The molecule has 0 unspecified atom stereocenters. The molecule has 1 aliphatic rings. The minimum absolute atomic E-state index is 0.869. The molecule has 0 saturated carbocycles. The molecule has 0 N–H and O–H groups in total. The van der Waals surface area contributed by atoms with Crippen molar-refractivity contribution < 1.29 is 0 Å². The van der Waals surface area contributed by atoms with E-state index < -0.39 is 0 Å². The Hall–Kier alpha value is -1.32. The Balaban J connectivity index is 2.21. The normalized spacial score (nSPS) is 16.0. The summed E-state index contributed by atoms with van der Waals surface area (Å²) in [5.74, 6) is 1.84. The maximum absolute atomic E-state index is 4.50. The van der Waals surface area contributed by atoms with Crippen molar-refractivity contribution in [2.24, 2.45) is 0 Å².